The number of aromatic nitrogens is 2. The first-order chi connectivity index (χ1) is 10.1. The van der Waals surface area contributed by atoms with Crippen LogP contribution in [-0.2, 0) is 0 Å². The molecule has 7 heteroatoms. The Morgan fingerprint density at radius 3 is 2.90 bits per heavy atom. The predicted octanol–water partition coefficient (Wildman–Crippen LogP) is 2.43. The summed E-state index contributed by atoms with van der Waals surface area (Å²) in [6.45, 7) is 6.04. The van der Waals surface area contributed by atoms with E-state index in [0.29, 0.717) is 17.5 Å². The maximum absolute atomic E-state index is 11.8. The van der Waals surface area contributed by atoms with Crippen molar-refractivity contribution in [3.05, 3.63) is 40.4 Å². The van der Waals surface area contributed by atoms with Gasteiger partial charge in [-0.15, -0.1) is 0 Å². The average molecular weight is 283 g/mol. The van der Waals surface area contributed by atoms with Gasteiger partial charge in [-0.05, 0) is 23.6 Å². The van der Waals surface area contributed by atoms with Crippen molar-refractivity contribution in [2.24, 2.45) is 0 Å². The van der Waals surface area contributed by atoms with Crippen LogP contribution in [0.2, 0.25) is 6.82 Å². The molecule has 107 valence electrons. The number of nitrogens with zero attached hydrogens (tertiary/aromatic N) is 2. The van der Waals surface area contributed by atoms with Crippen molar-refractivity contribution in [2.45, 2.75) is 26.6 Å². The first-order valence-corrected chi connectivity index (χ1v) is 6.85. The van der Waals surface area contributed by atoms with E-state index in [0.717, 1.165) is 11.4 Å². The molecule has 1 aliphatic rings. The molecule has 6 nitrogen and oxygen atoms in total. The monoisotopic (exact) mass is 283 g/mol. The van der Waals surface area contributed by atoms with Crippen LogP contribution in [-0.4, -0.2) is 17.1 Å². The molecule has 0 saturated carbocycles. The molecule has 1 aromatic heterocycles. The predicted molar refractivity (Wildman–Crippen MR) is 83.4 cm³/mol. The van der Waals surface area contributed by atoms with Gasteiger partial charge < -0.3 is 15.4 Å². The zero-order valence-corrected chi connectivity index (χ0v) is 12.2. The lowest BCUT2D eigenvalue weighted by molar-refractivity contribution is 0.471. The van der Waals surface area contributed by atoms with Gasteiger partial charge in [-0.3, -0.25) is 0 Å². The standard InChI is InChI=1S/C14H16BN4O2/c1-8(2)9-4-5-11-10(6-9)16-13-12(21-11)7-19(18-15-3)14(20)17-13/h4-8,18H,1-3H3,(H,16,17,20). The van der Waals surface area contributed by atoms with Crippen LogP contribution in [0.1, 0.15) is 25.3 Å². The molecular weight excluding hydrogens is 267 g/mol. The lowest BCUT2D eigenvalue weighted by Crippen LogP contribution is -2.32. The number of fused-ring (bicyclic) bond motifs is 2. The van der Waals surface area contributed by atoms with E-state index in [1.54, 1.807) is 20.4 Å². The molecule has 2 aromatic rings. The van der Waals surface area contributed by atoms with Crippen molar-refractivity contribution in [3.63, 3.8) is 0 Å². The van der Waals surface area contributed by atoms with Crippen molar-refractivity contribution in [1.82, 2.24) is 9.66 Å². The third-order valence-corrected chi connectivity index (χ3v) is 3.30. The van der Waals surface area contributed by atoms with Gasteiger partial charge in [0.2, 0.25) is 0 Å². The molecule has 0 amide bonds. The molecule has 1 aliphatic heterocycles. The van der Waals surface area contributed by atoms with Crippen LogP contribution in [0.15, 0.2) is 29.2 Å². The molecule has 0 aliphatic carbocycles. The van der Waals surface area contributed by atoms with E-state index >= 15 is 0 Å². The van der Waals surface area contributed by atoms with E-state index in [4.69, 9.17) is 4.74 Å². The first kappa shape index (κ1) is 13.5. The van der Waals surface area contributed by atoms with Gasteiger partial charge in [0.25, 0.3) is 7.41 Å². The van der Waals surface area contributed by atoms with E-state index in [-0.39, 0.29) is 0 Å². The fraction of sp³-hybridized carbons (Fsp3) is 0.286. The zero-order valence-electron chi connectivity index (χ0n) is 12.2. The molecule has 0 fully saturated rings. The van der Waals surface area contributed by atoms with Crippen molar-refractivity contribution < 1.29 is 4.74 Å². The smallest absolute Gasteiger partial charge is 0.367 e. The molecule has 0 atom stereocenters. The van der Waals surface area contributed by atoms with Crippen molar-refractivity contribution >= 4 is 18.9 Å². The highest BCUT2D eigenvalue weighted by molar-refractivity contribution is 6.35. The number of anilines is 2. The maximum atomic E-state index is 11.8. The fourth-order valence-electron chi connectivity index (χ4n) is 2.17. The van der Waals surface area contributed by atoms with Crippen molar-refractivity contribution in [2.75, 3.05) is 10.7 Å². The van der Waals surface area contributed by atoms with Crippen LogP contribution >= 0.6 is 0 Å². The number of hydrogen-bond acceptors (Lipinski definition) is 5. The number of benzene rings is 1. The Balaban J connectivity index is 2.00. The quantitative estimate of drug-likeness (QED) is 0.722. The summed E-state index contributed by atoms with van der Waals surface area (Å²) in [5.74, 6) is 2.08. The Hall–Kier alpha value is -2.44. The highest BCUT2D eigenvalue weighted by Crippen LogP contribution is 2.40. The van der Waals surface area contributed by atoms with Gasteiger partial charge in [0.05, 0.1) is 11.9 Å². The first-order valence-electron chi connectivity index (χ1n) is 6.85. The Labute approximate surface area is 123 Å². The van der Waals surface area contributed by atoms with E-state index in [1.165, 1.54) is 10.2 Å². The number of ether oxygens (including phenoxy) is 1. The molecule has 2 N–H and O–H groups in total. The molecule has 0 spiro atoms. The molecular formula is C14H16BN4O2. The Kier molecular flexibility index (Phi) is 3.33. The van der Waals surface area contributed by atoms with E-state index in [2.05, 4.69) is 29.5 Å². The highest BCUT2D eigenvalue weighted by Gasteiger charge is 2.20. The molecule has 1 aromatic carbocycles. The van der Waals surface area contributed by atoms with E-state index in [1.807, 2.05) is 18.2 Å². The highest BCUT2D eigenvalue weighted by atomic mass is 16.5. The van der Waals surface area contributed by atoms with E-state index in [9.17, 15) is 4.79 Å². The molecule has 21 heavy (non-hydrogen) atoms. The Morgan fingerprint density at radius 2 is 2.19 bits per heavy atom. The summed E-state index contributed by atoms with van der Waals surface area (Å²) in [4.78, 5) is 15.8. The van der Waals surface area contributed by atoms with Crippen LogP contribution in [0, 0.1) is 0 Å². The summed E-state index contributed by atoms with van der Waals surface area (Å²) in [6, 6.07) is 5.99. The zero-order chi connectivity index (χ0) is 15.0. The second kappa shape index (κ2) is 5.16. The van der Waals surface area contributed by atoms with Crippen LogP contribution in [0.4, 0.5) is 11.5 Å². The molecule has 2 heterocycles. The van der Waals surface area contributed by atoms with Crippen LogP contribution in [0.25, 0.3) is 0 Å². The van der Waals surface area contributed by atoms with Crippen LogP contribution < -0.4 is 21.1 Å². The summed E-state index contributed by atoms with van der Waals surface area (Å²) in [7, 11) is 1.65. The molecule has 0 saturated heterocycles. The average Bonchev–Trinajstić information content (AvgIpc) is 2.45. The van der Waals surface area contributed by atoms with Gasteiger partial charge in [-0.25, -0.2) is 9.47 Å². The van der Waals surface area contributed by atoms with Crippen molar-refractivity contribution in [1.29, 1.82) is 0 Å². The SMILES string of the molecule is C[B]Nn1cc2c(nc1=O)Nc1cc(C(C)C)ccc1O2. The lowest BCUT2D eigenvalue weighted by Gasteiger charge is -2.22. The Bertz CT molecular complexity index is 742. The normalized spacial score (nSPS) is 12.0. The van der Waals surface area contributed by atoms with Gasteiger partial charge in [0, 0.05) is 0 Å². The molecule has 0 unspecified atom stereocenters. The Morgan fingerprint density at radius 1 is 1.38 bits per heavy atom. The fourth-order valence-corrected chi connectivity index (χ4v) is 2.17. The van der Waals surface area contributed by atoms with Gasteiger partial charge in [-0.2, -0.15) is 4.98 Å². The van der Waals surface area contributed by atoms with Gasteiger partial charge >= 0.3 is 5.69 Å². The second-order valence-electron chi connectivity index (χ2n) is 5.16. The van der Waals surface area contributed by atoms with Gasteiger partial charge in [0.1, 0.15) is 0 Å². The minimum Gasteiger partial charge on any atom is -0.450 e. The summed E-state index contributed by atoms with van der Waals surface area (Å²) in [6.07, 6.45) is 1.58. The summed E-state index contributed by atoms with van der Waals surface area (Å²) in [5, 5.41) is 5.94. The topological polar surface area (TPSA) is 68.2 Å². The second-order valence-corrected chi connectivity index (χ2v) is 5.16. The van der Waals surface area contributed by atoms with Crippen molar-refractivity contribution in [3.8, 4) is 11.5 Å². The summed E-state index contributed by atoms with van der Waals surface area (Å²) < 4.78 is 7.09. The summed E-state index contributed by atoms with van der Waals surface area (Å²) in [5.41, 5.74) is 1.63. The molecule has 3 rings (SSSR count). The number of hydrogen-bond donors (Lipinski definition) is 2. The van der Waals surface area contributed by atoms with Crippen LogP contribution in [0.3, 0.4) is 0 Å². The minimum atomic E-state index is -0.397. The largest absolute Gasteiger partial charge is 0.450 e. The summed E-state index contributed by atoms with van der Waals surface area (Å²) >= 11 is 0. The van der Waals surface area contributed by atoms with Gasteiger partial charge in [0.15, 0.2) is 17.3 Å². The van der Waals surface area contributed by atoms with E-state index < -0.39 is 5.69 Å². The third-order valence-electron chi connectivity index (χ3n) is 3.30. The number of nitrogens with one attached hydrogen (secondary N) is 2. The minimum absolute atomic E-state index is 0.397. The molecule has 0 bridgehead atoms. The lowest BCUT2D eigenvalue weighted by atomic mass is 10.0. The third kappa shape index (κ3) is 2.46. The number of rotatable bonds is 3. The molecule has 1 radical (unpaired) electrons. The maximum Gasteiger partial charge on any atom is 0.367 e. The van der Waals surface area contributed by atoms with Crippen LogP contribution in [0.5, 0.6) is 11.5 Å². The van der Waals surface area contributed by atoms with Gasteiger partial charge in [-0.1, -0.05) is 26.7 Å².